The lowest BCUT2D eigenvalue weighted by molar-refractivity contribution is -0.155. The first-order chi connectivity index (χ1) is 15.9. The summed E-state index contributed by atoms with van der Waals surface area (Å²) >= 11 is 0. The summed E-state index contributed by atoms with van der Waals surface area (Å²) in [4.78, 5) is 25.0. The molecule has 0 aromatic heterocycles. The predicted molar refractivity (Wildman–Crippen MR) is 125 cm³/mol. The molecule has 1 aromatic rings. The molecular formula is C25H39NO7. The van der Waals surface area contributed by atoms with Gasteiger partial charge in [0.15, 0.2) is 0 Å². The molecule has 0 saturated heterocycles. The molecule has 1 rings (SSSR count). The quantitative estimate of drug-likeness (QED) is 0.126. The Morgan fingerprint density at radius 1 is 0.970 bits per heavy atom. The van der Waals surface area contributed by atoms with Gasteiger partial charge in [-0.2, -0.15) is 0 Å². The minimum atomic E-state index is -1.67. The zero-order valence-corrected chi connectivity index (χ0v) is 19.3. The highest BCUT2D eigenvalue weighted by Gasteiger charge is 2.28. The van der Waals surface area contributed by atoms with Crippen LogP contribution in [-0.4, -0.2) is 69.9 Å². The molecule has 0 radical (unpaired) electrons. The molecule has 33 heavy (non-hydrogen) atoms. The Morgan fingerprint density at radius 3 is 2.24 bits per heavy atom. The number of amides is 1. The SMILES string of the molecule is C=CCCCCCCCCC(=O)NC(Cc1ccccc1)C(=O)OCC(O)C(O)C(O)CO. The van der Waals surface area contributed by atoms with Gasteiger partial charge in [0, 0.05) is 12.8 Å². The van der Waals surface area contributed by atoms with E-state index in [4.69, 9.17) is 9.84 Å². The van der Waals surface area contributed by atoms with Crippen molar-refractivity contribution in [2.75, 3.05) is 13.2 Å². The zero-order chi connectivity index (χ0) is 24.5. The fourth-order valence-electron chi connectivity index (χ4n) is 3.32. The number of benzene rings is 1. The third kappa shape index (κ3) is 12.5. The number of aliphatic hydroxyl groups is 4. The number of carbonyl (C=O) groups excluding carboxylic acids is 2. The van der Waals surface area contributed by atoms with Gasteiger partial charge in [0.25, 0.3) is 0 Å². The molecule has 1 amide bonds. The van der Waals surface area contributed by atoms with E-state index in [-0.39, 0.29) is 12.3 Å². The molecule has 5 N–H and O–H groups in total. The predicted octanol–water partition coefficient (Wildman–Crippen LogP) is 1.64. The summed E-state index contributed by atoms with van der Waals surface area (Å²) in [5.74, 6) is -1.00. The van der Waals surface area contributed by atoms with Crippen molar-refractivity contribution in [1.82, 2.24) is 5.32 Å². The minimum absolute atomic E-state index is 0.215. The standard InChI is InChI=1S/C25H39NO7/c1-2-3-4-5-6-7-8-12-15-23(30)26-20(16-19-13-10-9-11-14-19)25(32)33-18-22(29)24(31)21(28)17-27/h2,9-11,13-14,20-22,24,27-29,31H,1,3-8,12,15-18H2,(H,26,30). The van der Waals surface area contributed by atoms with Crippen molar-refractivity contribution < 1.29 is 34.8 Å². The molecule has 0 spiro atoms. The smallest absolute Gasteiger partial charge is 0.329 e. The van der Waals surface area contributed by atoms with E-state index < -0.39 is 43.5 Å². The summed E-state index contributed by atoms with van der Waals surface area (Å²) in [6.45, 7) is 2.39. The van der Waals surface area contributed by atoms with Gasteiger partial charge < -0.3 is 30.5 Å². The maximum absolute atomic E-state index is 12.6. The molecule has 0 aliphatic carbocycles. The average molecular weight is 466 g/mol. The fraction of sp³-hybridized carbons (Fsp3) is 0.600. The third-order valence-electron chi connectivity index (χ3n) is 5.34. The van der Waals surface area contributed by atoms with E-state index in [0.717, 1.165) is 50.5 Å². The molecule has 0 saturated carbocycles. The second-order valence-corrected chi connectivity index (χ2v) is 8.20. The number of hydrogen-bond acceptors (Lipinski definition) is 7. The number of unbranched alkanes of at least 4 members (excludes halogenated alkanes) is 6. The van der Waals surface area contributed by atoms with E-state index >= 15 is 0 Å². The largest absolute Gasteiger partial charge is 0.461 e. The zero-order valence-electron chi connectivity index (χ0n) is 19.3. The third-order valence-corrected chi connectivity index (χ3v) is 5.34. The molecular weight excluding hydrogens is 426 g/mol. The second-order valence-electron chi connectivity index (χ2n) is 8.20. The first-order valence-corrected chi connectivity index (χ1v) is 11.6. The Bertz CT molecular complexity index is 683. The number of nitrogens with one attached hydrogen (secondary N) is 1. The van der Waals surface area contributed by atoms with Gasteiger partial charge in [-0.3, -0.25) is 4.79 Å². The fourth-order valence-corrected chi connectivity index (χ4v) is 3.32. The summed E-state index contributed by atoms with van der Waals surface area (Å²) in [5.41, 5.74) is 0.829. The monoisotopic (exact) mass is 465 g/mol. The topological polar surface area (TPSA) is 136 Å². The summed E-state index contributed by atoms with van der Waals surface area (Å²) in [7, 11) is 0. The highest BCUT2D eigenvalue weighted by molar-refractivity contribution is 5.84. The molecule has 1 aromatic carbocycles. The van der Waals surface area contributed by atoms with Crippen LogP contribution < -0.4 is 5.32 Å². The first kappa shape index (κ1) is 28.8. The second kappa shape index (κ2) is 17.2. The average Bonchev–Trinajstić information content (AvgIpc) is 2.83. The van der Waals surface area contributed by atoms with E-state index in [2.05, 4.69) is 11.9 Å². The van der Waals surface area contributed by atoms with Crippen LogP contribution in [0, 0.1) is 0 Å². The Labute approximate surface area is 196 Å². The van der Waals surface area contributed by atoms with Crippen LogP contribution in [-0.2, 0) is 20.7 Å². The summed E-state index contributed by atoms with van der Waals surface area (Å²) in [6.07, 6.45) is 4.80. The van der Waals surface area contributed by atoms with Crippen LogP contribution in [0.1, 0.15) is 56.9 Å². The van der Waals surface area contributed by atoms with Gasteiger partial charge in [0.2, 0.25) is 5.91 Å². The van der Waals surface area contributed by atoms with Gasteiger partial charge in [-0.05, 0) is 24.8 Å². The number of esters is 1. The highest BCUT2D eigenvalue weighted by Crippen LogP contribution is 2.10. The van der Waals surface area contributed by atoms with Crippen molar-refractivity contribution in [2.45, 2.75) is 82.1 Å². The minimum Gasteiger partial charge on any atom is -0.461 e. The molecule has 0 bridgehead atoms. The molecule has 8 heteroatoms. The van der Waals surface area contributed by atoms with Crippen LogP contribution >= 0.6 is 0 Å². The Kier molecular flexibility index (Phi) is 15.0. The molecule has 0 fully saturated rings. The molecule has 186 valence electrons. The van der Waals surface area contributed by atoms with Crippen LogP contribution in [0.4, 0.5) is 0 Å². The van der Waals surface area contributed by atoms with Gasteiger partial charge in [0.05, 0.1) is 6.61 Å². The molecule has 0 heterocycles. The lowest BCUT2D eigenvalue weighted by atomic mass is 10.0. The molecule has 0 aliphatic rings. The maximum atomic E-state index is 12.6. The van der Waals surface area contributed by atoms with Gasteiger partial charge in [-0.25, -0.2) is 4.79 Å². The van der Waals surface area contributed by atoms with Crippen LogP contribution in [0.15, 0.2) is 43.0 Å². The lowest BCUT2D eigenvalue weighted by Gasteiger charge is -2.23. The van der Waals surface area contributed by atoms with E-state index in [1.165, 1.54) is 0 Å². The van der Waals surface area contributed by atoms with Crippen LogP contribution in [0.25, 0.3) is 0 Å². The highest BCUT2D eigenvalue weighted by atomic mass is 16.5. The molecule has 4 unspecified atom stereocenters. The number of carbonyl (C=O) groups is 2. The van der Waals surface area contributed by atoms with Crippen molar-refractivity contribution >= 4 is 11.9 Å². The number of allylic oxidation sites excluding steroid dienone is 1. The molecule has 0 aliphatic heterocycles. The van der Waals surface area contributed by atoms with Crippen molar-refractivity contribution in [2.24, 2.45) is 0 Å². The molecule has 8 nitrogen and oxygen atoms in total. The summed E-state index contributed by atoms with van der Waals surface area (Å²) < 4.78 is 5.08. The van der Waals surface area contributed by atoms with Gasteiger partial charge >= 0.3 is 5.97 Å². The van der Waals surface area contributed by atoms with E-state index in [9.17, 15) is 24.9 Å². The number of hydrogen-bond donors (Lipinski definition) is 5. The van der Waals surface area contributed by atoms with E-state index in [0.29, 0.717) is 6.42 Å². The maximum Gasteiger partial charge on any atom is 0.329 e. The van der Waals surface area contributed by atoms with Gasteiger partial charge in [-0.15, -0.1) is 6.58 Å². The van der Waals surface area contributed by atoms with Crippen molar-refractivity contribution in [1.29, 1.82) is 0 Å². The van der Waals surface area contributed by atoms with Crippen LogP contribution in [0.3, 0.4) is 0 Å². The van der Waals surface area contributed by atoms with E-state index in [1.807, 2.05) is 36.4 Å². The van der Waals surface area contributed by atoms with Gasteiger partial charge in [0.1, 0.15) is 31.0 Å². The van der Waals surface area contributed by atoms with Gasteiger partial charge in [-0.1, -0.05) is 62.1 Å². The number of rotatable bonds is 18. The normalized spacial score (nSPS) is 14.7. The Morgan fingerprint density at radius 2 is 1.61 bits per heavy atom. The first-order valence-electron chi connectivity index (χ1n) is 11.6. The number of ether oxygens (including phenoxy) is 1. The lowest BCUT2D eigenvalue weighted by Crippen LogP contribution is -2.46. The van der Waals surface area contributed by atoms with E-state index in [1.54, 1.807) is 0 Å². The van der Waals surface area contributed by atoms with Crippen molar-refractivity contribution in [3.63, 3.8) is 0 Å². The Hall–Kier alpha value is -2.26. The van der Waals surface area contributed by atoms with Crippen molar-refractivity contribution in [3.05, 3.63) is 48.6 Å². The summed E-state index contributed by atoms with van der Waals surface area (Å²) in [5, 5.41) is 40.5. The van der Waals surface area contributed by atoms with Crippen molar-refractivity contribution in [3.8, 4) is 0 Å². The van der Waals surface area contributed by atoms with Crippen LogP contribution in [0.5, 0.6) is 0 Å². The Balaban J connectivity index is 2.53. The number of aliphatic hydroxyl groups excluding tert-OH is 4. The molecule has 4 atom stereocenters. The van der Waals surface area contributed by atoms with Crippen LogP contribution in [0.2, 0.25) is 0 Å². The summed E-state index contributed by atoms with van der Waals surface area (Å²) in [6, 6.07) is 8.20.